The van der Waals surface area contributed by atoms with Crippen molar-refractivity contribution in [1.29, 1.82) is 0 Å². The second-order valence-electron chi connectivity index (χ2n) is 9.68. The van der Waals surface area contributed by atoms with Gasteiger partial charge < -0.3 is 24.6 Å². The largest absolute Gasteiger partial charge is 0.380 e. The average Bonchev–Trinajstić information content (AvgIpc) is 2.91. The van der Waals surface area contributed by atoms with Crippen LogP contribution in [-0.4, -0.2) is 79.5 Å². The number of morpholine rings is 1. The lowest BCUT2D eigenvalue weighted by atomic mass is 10.1. The van der Waals surface area contributed by atoms with Gasteiger partial charge >= 0.3 is 0 Å². The number of hydrogen-bond donors (Lipinski definition) is 1. The standard InChI is InChI=1S/C27H34N6O3/c1-17-14-33(15-18(2)36-17)25-22-10-11-23(19-7-5-8-20(13-19)26(34)28-3)29-24(22)30-27(31-25)32-12-6-9-21(16-32)35-4/h5,7-8,10-11,13,17-18,21H,6,9,12,14-16H2,1-4H3,(H,28,34). The number of methoxy groups -OCH3 is 1. The Bertz CT molecular complexity index is 1240. The van der Waals surface area contributed by atoms with Gasteiger partial charge in [0.2, 0.25) is 5.95 Å². The highest BCUT2D eigenvalue weighted by atomic mass is 16.5. The third kappa shape index (κ3) is 4.99. The monoisotopic (exact) mass is 490 g/mol. The second-order valence-corrected chi connectivity index (χ2v) is 9.68. The van der Waals surface area contributed by atoms with Crippen LogP contribution >= 0.6 is 0 Å². The van der Waals surface area contributed by atoms with E-state index in [1.54, 1.807) is 20.2 Å². The normalized spacial score (nSPS) is 22.6. The minimum Gasteiger partial charge on any atom is -0.380 e. The summed E-state index contributed by atoms with van der Waals surface area (Å²) in [5, 5.41) is 3.59. The fraction of sp³-hybridized carbons (Fsp3) is 0.481. The van der Waals surface area contributed by atoms with Crippen LogP contribution in [0.1, 0.15) is 37.0 Å². The van der Waals surface area contributed by atoms with Crippen LogP contribution in [0.15, 0.2) is 36.4 Å². The predicted octanol–water partition coefficient (Wildman–Crippen LogP) is 3.28. The van der Waals surface area contributed by atoms with Gasteiger partial charge in [0, 0.05) is 51.5 Å². The van der Waals surface area contributed by atoms with Gasteiger partial charge in [-0.1, -0.05) is 12.1 Å². The molecule has 0 bridgehead atoms. The first kappa shape index (κ1) is 24.4. The van der Waals surface area contributed by atoms with Gasteiger partial charge in [-0.2, -0.15) is 9.97 Å². The van der Waals surface area contributed by atoms with Gasteiger partial charge in [0.05, 0.1) is 29.4 Å². The van der Waals surface area contributed by atoms with Crippen LogP contribution < -0.4 is 15.1 Å². The third-order valence-electron chi connectivity index (χ3n) is 6.89. The molecule has 2 saturated heterocycles. The van der Waals surface area contributed by atoms with E-state index in [2.05, 4.69) is 29.0 Å². The topological polar surface area (TPSA) is 92.7 Å². The van der Waals surface area contributed by atoms with Gasteiger partial charge in [-0.05, 0) is 51.0 Å². The number of ether oxygens (including phenoxy) is 2. The lowest BCUT2D eigenvalue weighted by molar-refractivity contribution is -0.00537. The number of fused-ring (bicyclic) bond motifs is 1. The van der Waals surface area contributed by atoms with E-state index >= 15 is 0 Å². The van der Waals surface area contributed by atoms with Crippen molar-refractivity contribution < 1.29 is 14.3 Å². The number of amides is 1. The highest BCUT2D eigenvalue weighted by Gasteiger charge is 2.28. The number of nitrogens with zero attached hydrogens (tertiary/aromatic N) is 5. The Kier molecular flexibility index (Phi) is 7.02. The predicted molar refractivity (Wildman–Crippen MR) is 141 cm³/mol. The molecule has 36 heavy (non-hydrogen) atoms. The quantitative estimate of drug-likeness (QED) is 0.583. The molecule has 9 nitrogen and oxygen atoms in total. The van der Waals surface area contributed by atoms with Crippen LogP contribution in [0, 0.1) is 0 Å². The molecule has 2 aliphatic heterocycles. The lowest BCUT2D eigenvalue weighted by Crippen LogP contribution is -2.46. The summed E-state index contributed by atoms with van der Waals surface area (Å²) >= 11 is 0. The minimum atomic E-state index is -0.127. The van der Waals surface area contributed by atoms with Crippen LogP contribution in [0.5, 0.6) is 0 Å². The molecule has 9 heteroatoms. The summed E-state index contributed by atoms with van der Waals surface area (Å²) < 4.78 is 11.6. The summed E-state index contributed by atoms with van der Waals surface area (Å²) in [6.07, 6.45) is 2.44. The molecule has 2 aliphatic rings. The van der Waals surface area contributed by atoms with Gasteiger partial charge in [0.15, 0.2) is 5.65 Å². The number of rotatable bonds is 5. The van der Waals surface area contributed by atoms with Gasteiger partial charge in [0.1, 0.15) is 5.82 Å². The van der Waals surface area contributed by atoms with E-state index in [0.29, 0.717) is 17.2 Å². The number of hydrogen-bond acceptors (Lipinski definition) is 8. The third-order valence-corrected chi connectivity index (χ3v) is 6.89. The maximum atomic E-state index is 12.2. The Morgan fingerprint density at radius 2 is 1.86 bits per heavy atom. The van der Waals surface area contributed by atoms with Crippen LogP contribution in [0.3, 0.4) is 0 Å². The second kappa shape index (κ2) is 10.4. The van der Waals surface area contributed by atoms with Crippen LogP contribution in [0.4, 0.5) is 11.8 Å². The number of nitrogens with one attached hydrogen (secondary N) is 1. The molecule has 0 saturated carbocycles. The zero-order valence-corrected chi connectivity index (χ0v) is 21.4. The fourth-order valence-corrected chi connectivity index (χ4v) is 5.15. The Hall–Kier alpha value is -3.30. The molecule has 1 N–H and O–H groups in total. The van der Waals surface area contributed by atoms with Gasteiger partial charge in [-0.3, -0.25) is 4.79 Å². The molecule has 2 fully saturated rings. The van der Waals surface area contributed by atoms with E-state index in [9.17, 15) is 4.79 Å². The van der Waals surface area contributed by atoms with Gasteiger partial charge in [0.25, 0.3) is 5.91 Å². The molecule has 3 atom stereocenters. The Balaban J connectivity index is 1.60. The average molecular weight is 491 g/mol. The first-order chi connectivity index (χ1) is 17.4. The number of pyridine rings is 1. The van der Waals surface area contributed by atoms with Crippen LogP contribution in [-0.2, 0) is 9.47 Å². The maximum Gasteiger partial charge on any atom is 0.251 e. The highest BCUT2D eigenvalue weighted by molar-refractivity contribution is 5.95. The first-order valence-corrected chi connectivity index (χ1v) is 12.6. The molecule has 5 rings (SSSR count). The smallest absolute Gasteiger partial charge is 0.251 e. The first-order valence-electron chi connectivity index (χ1n) is 12.6. The lowest BCUT2D eigenvalue weighted by Gasteiger charge is -2.37. The summed E-state index contributed by atoms with van der Waals surface area (Å²) in [5.41, 5.74) is 2.87. The molecule has 0 aliphatic carbocycles. The molecular weight excluding hydrogens is 456 g/mol. The van der Waals surface area contributed by atoms with Crippen molar-refractivity contribution in [3.63, 3.8) is 0 Å². The number of carbonyl (C=O) groups excluding carboxylic acids is 1. The maximum absolute atomic E-state index is 12.2. The molecule has 4 heterocycles. The molecule has 0 spiro atoms. The van der Waals surface area contributed by atoms with Crippen molar-refractivity contribution >= 4 is 28.7 Å². The minimum absolute atomic E-state index is 0.106. The van der Waals surface area contributed by atoms with Crippen molar-refractivity contribution in [2.45, 2.75) is 45.0 Å². The SMILES string of the molecule is CNC(=O)c1cccc(-c2ccc3c(N4CC(C)OC(C)C4)nc(N4CCCC(OC)C4)nc3n2)c1. The summed E-state index contributed by atoms with van der Waals surface area (Å²) in [6, 6.07) is 11.5. The van der Waals surface area contributed by atoms with E-state index in [1.165, 1.54) is 0 Å². The summed E-state index contributed by atoms with van der Waals surface area (Å²) in [6.45, 7) is 7.34. The molecule has 1 aromatic carbocycles. The summed E-state index contributed by atoms with van der Waals surface area (Å²) in [4.78, 5) is 31.6. The molecule has 2 aromatic heterocycles. The van der Waals surface area contributed by atoms with E-state index in [4.69, 9.17) is 24.4 Å². The number of aromatic nitrogens is 3. The van der Waals surface area contributed by atoms with Crippen LogP contribution in [0.2, 0.25) is 0 Å². The summed E-state index contributed by atoms with van der Waals surface area (Å²) in [5.74, 6) is 1.43. The zero-order valence-electron chi connectivity index (χ0n) is 21.4. The Morgan fingerprint density at radius 1 is 1.06 bits per heavy atom. The molecule has 3 aromatic rings. The van der Waals surface area contributed by atoms with Crippen molar-refractivity contribution in [3.05, 3.63) is 42.0 Å². The van der Waals surface area contributed by atoms with Crippen molar-refractivity contribution in [2.24, 2.45) is 0 Å². The fourth-order valence-electron chi connectivity index (χ4n) is 5.15. The van der Waals surface area contributed by atoms with E-state index < -0.39 is 0 Å². The number of benzene rings is 1. The molecule has 0 radical (unpaired) electrons. The zero-order chi connectivity index (χ0) is 25.2. The van der Waals surface area contributed by atoms with Crippen molar-refractivity contribution in [2.75, 3.05) is 50.1 Å². The Labute approximate surface area is 211 Å². The number of piperidine rings is 1. The van der Waals surface area contributed by atoms with Crippen LogP contribution in [0.25, 0.3) is 22.3 Å². The number of anilines is 2. The molecule has 190 valence electrons. The van der Waals surface area contributed by atoms with E-state index in [0.717, 1.165) is 61.5 Å². The van der Waals surface area contributed by atoms with E-state index in [1.807, 2.05) is 30.3 Å². The van der Waals surface area contributed by atoms with E-state index in [-0.39, 0.29) is 24.2 Å². The molecular formula is C27H34N6O3. The van der Waals surface area contributed by atoms with Gasteiger partial charge in [-0.25, -0.2) is 4.98 Å². The molecule has 3 unspecified atom stereocenters. The van der Waals surface area contributed by atoms with Crippen molar-refractivity contribution in [3.8, 4) is 11.3 Å². The Morgan fingerprint density at radius 3 is 2.61 bits per heavy atom. The highest BCUT2D eigenvalue weighted by Crippen LogP contribution is 2.31. The summed E-state index contributed by atoms with van der Waals surface area (Å²) in [7, 11) is 3.39. The number of carbonyl (C=O) groups is 1. The molecule has 1 amide bonds. The van der Waals surface area contributed by atoms with Gasteiger partial charge in [-0.15, -0.1) is 0 Å². The van der Waals surface area contributed by atoms with Crippen molar-refractivity contribution in [1.82, 2.24) is 20.3 Å².